The van der Waals surface area contributed by atoms with Crippen molar-refractivity contribution in [2.75, 3.05) is 19.7 Å². The van der Waals surface area contributed by atoms with Crippen LogP contribution in [-0.4, -0.2) is 42.3 Å². The van der Waals surface area contributed by atoms with E-state index in [1.807, 2.05) is 41.5 Å². The molecule has 0 aromatic heterocycles. The molecule has 1 unspecified atom stereocenters. The van der Waals surface area contributed by atoms with E-state index in [1.165, 1.54) is 0 Å². The second-order valence-corrected chi connectivity index (χ2v) is 7.42. The fourth-order valence-electron chi connectivity index (χ4n) is 1.99. The lowest BCUT2D eigenvalue weighted by molar-refractivity contribution is -0.155. The Balaban J connectivity index is 2.39. The van der Waals surface area contributed by atoms with Gasteiger partial charge in [0, 0.05) is 19.0 Å². The Morgan fingerprint density at radius 2 is 1.81 bits per heavy atom. The number of ether oxygens (including phenoxy) is 2. The quantitative estimate of drug-likeness (QED) is 0.748. The van der Waals surface area contributed by atoms with Gasteiger partial charge in [-0.3, -0.25) is 4.79 Å². The Morgan fingerprint density at radius 3 is 2.33 bits per heavy atom. The number of carbonyl (C=O) groups excluding carboxylic acids is 2. The van der Waals surface area contributed by atoms with Crippen LogP contribution in [-0.2, 0) is 14.3 Å². The van der Waals surface area contributed by atoms with Gasteiger partial charge in [0.2, 0.25) is 0 Å². The van der Waals surface area contributed by atoms with E-state index in [-0.39, 0.29) is 18.0 Å². The molecule has 5 heteroatoms. The first-order valence-electron chi connectivity index (χ1n) is 7.70. The maximum atomic E-state index is 11.9. The van der Waals surface area contributed by atoms with Crippen LogP contribution in [0.5, 0.6) is 0 Å². The summed E-state index contributed by atoms with van der Waals surface area (Å²) >= 11 is 0. The van der Waals surface area contributed by atoms with Gasteiger partial charge >= 0.3 is 12.1 Å². The second-order valence-electron chi connectivity index (χ2n) is 7.42. The molecular formula is C16H29NO4. The van der Waals surface area contributed by atoms with Crippen molar-refractivity contribution in [2.45, 2.75) is 60.0 Å². The van der Waals surface area contributed by atoms with Gasteiger partial charge in [-0.2, -0.15) is 0 Å². The predicted molar refractivity (Wildman–Crippen MR) is 80.9 cm³/mol. The van der Waals surface area contributed by atoms with E-state index >= 15 is 0 Å². The molecule has 21 heavy (non-hydrogen) atoms. The van der Waals surface area contributed by atoms with E-state index < -0.39 is 11.0 Å². The lowest BCUT2D eigenvalue weighted by Gasteiger charge is -2.24. The fraction of sp³-hybridized carbons (Fsp3) is 0.875. The monoisotopic (exact) mass is 299 g/mol. The maximum Gasteiger partial charge on any atom is 0.410 e. The number of esters is 1. The van der Waals surface area contributed by atoms with Crippen molar-refractivity contribution in [3.63, 3.8) is 0 Å². The van der Waals surface area contributed by atoms with E-state index in [0.717, 1.165) is 12.8 Å². The average molecular weight is 299 g/mol. The molecule has 1 aliphatic heterocycles. The van der Waals surface area contributed by atoms with Gasteiger partial charge in [-0.1, -0.05) is 6.92 Å². The third-order valence-corrected chi connectivity index (χ3v) is 3.82. The predicted octanol–water partition coefficient (Wildman–Crippen LogP) is 3.22. The van der Waals surface area contributed by atoms with E-state index in [4.69, 9.17) is 9.47 Å². The number of likely N-dealkylation sites (tertiary alicyclic amines) is 1. The van der Waals surface area contributed by atoms with Crippen molar-refractivity contribution in [2.24, 2.45) is 11.3 Å². The summed E-state index contributed by atoms with van der Waals surface area (Å²) in [5, 5.41) is 0. The Kier molecular flexibility index (Phi) is 5.65. The summed E-state index contributed by atoms with van der Waals surface area (Å²) in [7, 11) is 0. The minimum absolute atomic E-state index is 0.166. The third-order valence-electron chi connectivity index (χ3n) is 3.82. The SMILES string of the molecule is CCC(C)(C)C(=O)OCC1CCN(C(=O)OC(C)(C)C)C1. The highest BCUT2D eigenvalue weighted by molar-refractivity contribution is 5.75. The Morgan fingerprint density at radius 1 is 1.19 bits per heavy atom. The highest BCUT2D eigenvalue weighted by Crippen LogP contribution is 2.24. The van der Waals surface area contributed by atoms with Crippen molar-refractivity contribution in [3.05, 3.63) is 0 Å². The highest BCUT2D eigenvalue weighted by Gasteiger charge is 2.32. The van der Waals surface area contributed by atoms with Gasteiger partial charge in [0.1, 0.15) is 5.60 Å². The second kappa shape index (κ2) is 6.67. The first-order chi connectivity index (χ1) is 9.55. The van der Waals surface area contributed by atoms with Gasteiger partial charge in [-0.25, -0.2) is 4.79 Å². The molecule has 0 spiro atoms. The van der Waals surface area contributed by atoms with Crippen LogP contribution < -0.4 is 0 Å². The Bertz CT molecular complexity index is 384. The zero-order chi connectivity index (χ0) is 16.3. The summed E-state index contributed by atoms with van der Waals surface area (Å²) in [6, 6.07) is 0. The van der Waals surface area contributed by atoms with Gasteiger partial charge in [0.05, 0.1) is 12.0 Å². The van der Waals surface area contributed by atoms with Crippen molar-refractivity contribution in [1.29, 1.82) is 0 Å². The third kappa shape index (κ3) is 5.56. The maximum absolute atomic E-state index is 11.9. The van der Waals surface area contributed by atoms with Gasteiger partial charge in [-0.05, 0) is 47.5 Å². The standard InChI is InChI=1S/C16H29NO4/c1-7-16(5,6)13(18)20-11-12-8-9-17(10-12)14(19)21-15(2,3)4/h12H,7-11H2,1-6H3. The van der Waals surface area contributed by atoms with Crippen LogP contribution in [0.3, 0.4) is 0 Å². The van der Waals surface area contributed by atoms with Gasteiger partial charge in [-0.15, -0.1) is 0 Å². The summed E-state index contributed by atoms with van der Waals surface area (Å²) in [6.07, 6.45) is 1.31. The number of amides is 1. The minimum Gasteiger partial charge on any atom is -0.465 e. The molecule has 1 rings (SSSR count). The summed E-state index contributed by atoms with van der Waals surface area (Å²) < 4.78 is 10.7. The number of hydrogen-bond donors (Lipinski definition) is 0. The van der Waals surface area contributed by atoms with Crippen LogP contribution in [0.15, 0.2) is 0 Å². The summed E-state index contributed by atoms with van der Waals surface area (Å²) in [4.78, 5) is 25.6. The topological polar surface area (TPSA) is 55.8 Å². The van der Waals surface area contributed by atoms with E-state index in [9.17, 15) is 9.59 Å². The molecule has 1 atom stereocenters. The summed E-state index contributed by atoms with van der Waals surface area (Å²) in [5.41, 5.74) is -0.920. The molecular weight excluding hydrogens is 270 g/mol. The molecule has 0 saturated carbocycles. The molecule has 1 saturated heterocycles. The van der Waals surface area contributed by atoms with Crippen LogP contribution in [0, 0.1) is 11.3 Å². The molecule has 1 fully saturated rings. The average Bonchev–Trinajstić information content (AvgIpc) is 2.82. The molecule has 0 radical (unpaired) electrons. The molecule has 0 aromatic rings. The van der Waals surface area contributed by atoms with Crippen LogP contribution in [0.1, 0.15) is 54.4 Å². The van der Waals surface area contributed by atoms with Crippen LogP contribution in [0.4, 0.5) is 4.79 Å². The largest absolute Gasteiger partial charge is 0.465 e. The molecule has 5 nitrogen and oxygen atoms in total. The Hall–Kier alpha value is -1.26. The van der Waals surface area contributed by atoms with Crippen molar-refractivity contribution in [1.82, 2.24) is 4.90 Å². The normalized spacial score (nSPS) is 19.5. The first-order valence-corrected chi connectivity index (χ1v) is 7.70. The lowest BCUT2D eigenvalue weighted by Crippen LogP contribution is -2.35. The molecule has 1 amide bonds. The molecule has 0 bridgehead atoms. The van der Waals surface area contributed by atoms with Gasteiger partial charge in [0.25, 0.3) is 0 Å². The van der Waals surface area contributed by atoms with Gasteiger partial charge < -0.3 is 14.4 Å². The zero-order valence-corrected chi connectivity index (χ0v) is 14.2. The highest BCUT2D eigenvalue weighted by atomic mass is 16.6. The molecule has 1 aliphatic rings. The number of hydrogen-bond acceptors (Lipinski definition) is 4. The number of rotatable bonds is 4. The van der Waals surface area contributed by atoms with Crippen LogP contribution in [0.2, 0.25) is 0 Å². The zero-order valence-electron chi connectivity index (χ0n) is 14.2. The smallest absolute Gasteiger partial charge is 0.410 e. The lowest BCUT2D eigenvalue weighted by atomic mass is 9.91. The summed E-state index contributed by atoms with van der Waals surface area (Å²) in [6.45, 7) is 12.9. The van der Waals surface area contributed by atoms with Crippen molar-refractivity contribution >= 4 is 12.1 Å². The fourth-order valence-corrected chi connectivity index (χ4v) is 1.99. The minimum atomic E-state index is -0.479. The molecule has 0 aliphatic carbocycles. The van der Waals surface area contributed by atoms with E-state index in [0.29, 0.717) is 19.7 Å². The molecule has 122 valence electrons. The van der Waals surface area contributed by atoms with Crippen LogP contribution in [0.25, 0.3) is 0 Å². The van der Waals surface area contributed by atoms with Crippen molar-refractivity contribution in [3.8, 4) is 0 Å². The first kappa shape index (κ1) is 17.8. The van der Waals surface area contributed by atoms with Gasteiger partial charge in [0.15, 0.2) is 0 Å². The van der Waals surface area contributed by atoms with Crippen molar-refractivity contribution < 1.29 is 19.1 Å². The molecule has 0 aromatic carbocycles. The number of nitrogens with zero attached hydrogens (tertiary/aromatic N) is 1. The molecule has 1 heterocycles. The number of carbonyl (C=O) groups is 2. The molecule has 0 N–H and O–H groups in total. The van der Waals surface area contributed by atoms with E-state index in [1.54, 1.807) is 4.90 Å². The van der Waals surface area contributed by atoms with Crippen LogP contribution >= 0.6 is 0 Å². The van der Waals surface area contributed by atoms with E-state index in [2.05, 4.69) is 0 Å². The summed E-state index contributed by atoms with van der Waals surface area (Å²) in [5.74, 6) is 0.0369. The Labute approximate surface area is 128 Å².